The lowest BCUT2D eigenvalue weighted by Crippen LogP contribution is -2.38. The van der Waals surface area contributed by atoms with Crippen molar-refractivity contribution in [3.8, 4) is 0 Å². The van der Waals surface area contributed by atoms with Gasteiger partial charge in [0, 0.05) is 25.2 Å². The average Bonchev–Trinajstić information content (AvgIpc) is 2.81. The minimum atomic E-state index is -0.169. The number of aromatic amines is 1. The van der Waals surface area contributed by atoms with Crippen LogP contribution in [0.4, 0.5) is 0 Å². The molecule has 0 radical (unpaired) electrons. The summed E-state index contributed by atoms with van der Waals surface area (Å²) in [5, 5.41) is 0.520. The third-order valence-corrected chi connectivity index (χ3v) is 6.73. The Morgan fingerprint density at radius 2 is 1.91 bits per heavy atom. The molecular weight excluding hydrogens is 418 g/mol. The van der Waals surface area contributed by atoms with Gasteiger partial charge in [0.15, 0.2) is 4.77 Å². The Balaban J connectivity index is 1.41. The smallest absolute Gasteiger partial charge is 0.262 e. The molecule has 1 amide bonds. The summed E-state index contributed by atoms with van der Waals surface area (Å²) < 4.78 is 1.80. The average molecular weight is 448 g/mol. The third-order valence-electron chi connectivity index (χ3n) is 6.40. The van der Waals surface area contributed by atoms with E-state index in [-0.39, 0.29) is 11.5 Å². The molecule has 2 aromatic carbocycles. The Morgan fingerprint density at radius 3 is 2.59 bits per heavy atom. The van der Waals surface area contributed by atoms with Gasteiger partial charge in [0.05, 0.1) is 10.9 Å². The second kappa shape index (κ2) is 9.65. The molecule has 1 saturated heterocycles. The maximum absolute atomic E-state index is 13.1. The van der Waals surface area contributed by atoms with E-state index in [0.29, 0.717) is 33.7 Å². The van der Waals surface area contributed by atoms with Crippen molar-refractivity contribution in [3.05, 3.63) is 86.9 Å². The molecule has 0 bridgehead atoms. The van der Waals surface area contributed by atoms with E-state index in [1.807, 2.05) is 4.90 Å². The summed E-state index contributed by atoms with van der Waals surface area (Å²) in [6.45, 7) is 7.67. The molecule has 166 valence electrons. The molecule has 6 heteroatoms. The minimum Gasteiger partial charge on any atom is -0.339 e. The number of aromatic nitrogens is 2. The predicted octanol–water partition coefficient (Wildman–Crippen LogP) is 5.04. The normalized spacial score (nSPS) is 14.6. The number of carbonyl (C=O) groups excluding carboxylic acids is 1. The van der Waals surface area contributed by atoms with Gasteiger partial charge in [-0.15, -0.1) is 6.58 Å². The highest BCUT2D eigenvalue weighted by molar-refractivity contribution is 7.71. The highest BCUT2D eigenvalue weighted by Gasteiger charge is 2.24. The highest BCUT2D eigenvalue weighted by Crippen LogP contribution is 2.24. The summed E-state index contributed by atoms with van der Waals surface area (Å²) in [6, 6.07) is 14.0. The minimum absolute atomic E-state index is 0.0125. The summed E-state index contributed by atoms with van der Waals surface area (Å²) in [5.74, 6) is 0.662. The van der Waals surface area contributed by atoms with Crippen molar-refractivity contribution in [2.45, 2.75) is 39.2 Å². The number of nitrogens with zero attached hydrogens (tertiary/aromatic N) is 2. The first-order valence-electron chi connectivity index (χ1n) is 11.2. The number of amides is 1. The first-order chi connectivity index (χ1) is 15.5. The fraction of sp³-hybridized carbons (Fsp3) is 0.346. The van der Waals surface area contributed by atoms with E-state index in [1.165, 1.54) is 15.7 Å². The molecule has 0 unspecified atom stereocenters. The molecule has 0 spiro atoms. The van der Waals surface area contributed by atoms with Crippen LogP contribution in [0.3, 0.4) is 0 Å². The third kappa shape index (κ3) is 4.75. The molecule has 1 N–H and O–H groups in total. The van der Waals surface area contributed by atoms with Gasteiger partial charge in [-0.3, -0.25) is 14.2 Å². The predicted molar refractivity (Wildman–Crippen MR) is 132 cm³/mol. The number of likely N-dealkylation sites (tertiary alicyclic amines) is 1. The Bertz CT molecular complexity index is 1250. The summed E-state index contributed by atoms with van der Waals surface area (Å²) in [5.41, 5.74) is 3.69. The van der Waals surface area contributed by atoms with E-state index in [1.54, 1.807) is 24.3 Å². The van der Waals surface area contributed by atoms with Crippen LogP contribution in [0.2, 0.25) is 0 Å². The standard InChI is InChI=1S/C26H29N3O2S/c1-3-14-29-25(31)22-11-10-21(17-23(22)27-26(29)32)24(30)28-15-12-20(13-16-28)9-8-19-6-4-18(2)5-7-19/h3-7,10-11,17,20H,1,8-9,12-16H2,2H3,(H,27,32). The van der Waals surface area contributed by atoms with Crippen LogP contribution in [0.25, 0.3) is 10.9 Å². The van der Waals surface area contributed by atoms with Crippen LogP contribution in [-0.4, -0.2) is 33.4 Å². The fourth-order valence-electron chi connectivity index (χ4n) is 4.42. The quantitative estimate of drug-likeness (QED) is 0.425. The van der Waals surface area contributed by atoms with Crippen LogP contribution < -0.4 is 5.56 Å². The number of hydrogen-bond acceptors (Lipinski definition) is 3. The highest BCUT2D eigenvalue weighted by atomic mass is 32.1. The lowest BCUT2D eigenvalue weighted by molar-refractivity contribution is 0.0687. The van der Waals surface area contributed by atoms with Crippen LogP contribution in [0.5, 0.6) is 0 Å². The van der Waals surface area contributed by atoms with Gasteiger partial charge in [-0.1, -0.05) is 35.9 Å². The molecule has 0 atom stereocenters. The van der Waals surface area contributed by atoms with E-state index in [0.717, 1.165) is 38.8 Å². The molecule has 0 saturated carbocycles. The molecule has 5 nitrogen and oxygen atoms in total. The number of hydrogen-bond donors (Lipinski definition) is 1. The lowest BCUT2D eigenvalue weighted by Gasteiger charge is -2.32. The molecule has 1 aliphatic rings. The Kier molecular flexibility index (Phi) is 6.70. The number of fused-ring (bicyclic) bond motifs is 1. The zero-order valence-electron chi connectivity index (χ0n) is 18.5. The molecule has 1 fully saturated rings. The van der Waals surface area contributed by atoms with Crippen molar-refractivity contribution in [2.75, 3.05) is 13.1 Å². The van der Waals surface area contributed by atoms with Crippen molar-refractivity contribution in [1.82, 2.24) is 14.5 Å². The maximum Gasteiger partial charge on any atom is 0.262 e. The number of carbonyl (C=O) groups is 1. The van der Waals surface area contributed by atoms with Crippen molar-refractivity contribution in [3.63, 3.8) is 0 Å². The first kappa shape index (κ1) is 22.2. The van der Waals surface area contributed by atoms with Crippen molar-refractivity contribution in [1.29, 1.82) is 0 Å². The van der Waals surface area contributed by atoms with Gasteiger partial charge in [-0.25, -0.2) is 0 Å². The monoisotopic (exact) mass is 447 g/mol. The van der Waals surface area contributed by atoms with Crippen molar-refractivity contribution < 1.29 is 4.79 Å². The number of allylic oxidation sites excluding steroid dienone is 1. The number of rotatable bonds is 6. The van der Waals surface area contributed by atoms with E-state index in [9.17, 15) is 9.59 Å². The first-order valence-corrected chi connectivity index (χ1v) is 11.6. The Labute approximate surface area is 193 Å². The lowest BCUT2D eigenvalue weighted by atomic mass is 9.90. The largest absolute Gasteiger partial charge is 0.339 e. The zero-order chi connectivity index (χ0) is 22.7. The summed E-state index contributed by atoms with van der Waals surface area (Å²) >= 11 is 5.31. The summed E-state index contributed by atoms with van der Waals surface area (Å²) in [7, 11) is 0. The summed E-state index contributed by atoms with van der Waals surface area (Å²) in [6.07, 6.45) is 5.94. The second-order valence-electron chi connectivity index (χ2n) is 8.65. The van der Waals surface area contributed by atoms with Gasteiger partial charge in [0.1, 0.15) is 0 Å². The summed E-state index contributed by atoms with van der Waals surface area (Å²) in [4.78, 5) is 30.8. The van der Waals surface area contributed by atoms with Crippen molar-refractivity contribution >= 4 is 29.0 Å². The maximum atomic E-state index is 13.1. The van der Waals surface area contributed by atoms with Gasteiger partial charge < -0.3 is 9.88 Å². The SMILES string of the molecule is C=CCn1c(=S)[nH]c2cc(C(=O)N3CCC(CCc4ccc(C)cc4)CC3)ccc2c1=O. The Hall–Kier alpha value is -2.99. The van der Waals surface area contributed by atoms with E-state index in [2.05, 4.69) is 42.8 Å². The molecule has 32 heavy (non-hydrogen) atoms. The van der Waals surface area contributed by atoms with Crippen LogP contribution in [0.15, 0.2) is 59.9 Å². The van der Waals surface area contributed by atoms with Crippen LogP contribution in [-0.2, 0) is 13.0 Å². The van der Waals surface area contributed by atoms with Gasteiger partial charge in [0.25, 0.3) is 11.5 Å². The molecule has 1 aliphatic heterocycles. The zero-order valence-corrected chi connectivity index (χ0v) is 19.3. The molecule has 0 aliphatic carbocycles. The topological polar surface area (TPSA) is 58.1 Å². The van der Waals surface area contributed by atoms with Gasteiger partial charge >= 0.3 is 0 Å². The number of aryl methyl sites for hydroxylation is 2. The van der Waals surface area contributed by atoms with E-state index >= 15 is 0 Å². The fourth-order valence-corrected chi connectivity index (χ4v) is 4.68. The second-order valence-corrected chi connectivity index (χ2v) is 9.04. The van der Waals surface area contributed by atoms with Crippen LogP contribution >= 0.6 is 12.2 Å². The number of nitrogens with one attached hydrogen (secondary N) is 1. The molecule has 1 aromatic heterocycles. The van der Waals surface area contributed by atoms with Crippen LogP contribution in [0, 0.1) is 17.6 Å². The molecule has 3 aromatic rings. The molecular formula is C26H29N3O2S. The number of H-pyrrole nitrogens is 1. The number of piperidine rings is 1. The van der Waals surface area contributed by atoms with E-state index in [4.69, 9.17) is 12.2 Å². The van der Waals surface area contributed by atoms with Crippen molar-refractivity contribution in [2.24, 2.45) is 5.92 Å². The van der Waals surface area contributed by atoms with Crippen LogP contribution in [0.1, 0.15) is 40.7 Å². The Morgan fingerprint density at radius 1 is 1.19 bits per heavy atom. The molecule has 4 rings (SSSR count). The molecule has 2 heterocycles. The van der Waals surface area contributed by atoms with Gasteiger partial charge in [-0.2, -0.15) is 0 Å². The van der Waals surface area contributed by atoms with Gasteiger partial charge in [-0.05, 0) is 74.5 Å². The van der Waals surface area contributed by atoms with Gasteiger partial charge in [0.2, 0.25) is 0 Å². The number of benzene rings is 2. The van der Waals surface area contributed by atoms with E-state index < -0.39 is 0 Å².